The Bertz CT molecular complexity index is 751. The van der Waals surface area contributed by atoms with E-state index in [0.29, 0.717) is 15.5 Å². The number of nitrogens with zero attached hydrogens (tertiary/aromatic N) is 2. The number of rotatable bonds is 3. The van der Waals surface area contributed by atoms with Gasteiger partial charge in [-0.05, 0) is 44.9 Å². The molecule has 2 amide bonds. The largest absolute Gasteiger partial charge is 0.471 e. The third kappa shape index (κ3) is 5.91. The number of carbonyl (C=O) groups is 2. The van der Waals surface area contributed by atoms with Gasteiger partial charge >= 0.3 is 18.2 Å². The maximum absolute atomic E-state index is 13.1. The van der Waals surface area contributed by atoms with Crippen LogP contribution in [0, 0.1) is 0 Å². The fourth-order valence-electron chi connectivity index (χ4n) is 2.85. The van der Waals surface area contributed by atoms with Crippen molar-refractivity contribution in [1.29, 1.82) is 0 Å². The first-order valence-corrected chi connectivity index (χ1v) is 9.33. The van der Waals surface area contributed by atoms with E-state index in [1.165, 1.54) is 23.1 Å². The SMILES string of the molecule is CC(C)(C)OC(=O)N1CC[C@H](N(Cc2ccc(Cl)cc2Cl)C(=O)C(F)(F)F)C1. The molecule has 156 valence electrons. The minimum absolute atomic E-state index is 0.0536. The van der Waals surface area contributed by atoms with Crippen LogP contribution in [0.25, 0.3) is 0 Å². The first kappa shape index (κ1) is 22.6. The third-order valence-electron chi connectivity index (χ3n) is 4.12. The first-order valence-electron chi connectivity index (χ1n) is 8.57. The van der Waals surface area contributed by atoms with Crippen LogP contribution in [0.1, 0.15) is 32.8 Å². The molecule has 1 fully saturated rings. The summed E-state index contributed by atoms with van der Waals surface area (Å²) in [7, 11) is 0. The van der Waals surface area contributed by atoms with Crippen molar-refractivity contribution < 1.29 is 27.5 Å². The number of hydrogen-bond acceptors (Lipinski definition) is 3. The lowest BCUT2D eigenvalue weighted by Gasteiger charge is -2.30. The maximum Gasteiger partial charge on any atom is 0.471 e. The van der Waals surface area contributed by atoms with E-state index in [-0.39, 0.29) is 31.1 Å². The molecule has 2 rings (SSSR count). The van der Waals surface area contributed by atoms with E-state index in [0.717, 1.165) is 0 Å². The average Bonchev–Trinajstić information content (AvgIpc) is 3.01. The minimum atomic E-state index is -5.04. The van der Waals surface area contributed by atoms with Gasteiger partial charge in [0.15, 0.2) is 0 Å². The average molecular weight is 441 g/mol. The van der Waals surface area contributed by atoms with Gasteiger partial charge in [0.1, 0.15) is 5.60 Å². The van der Waals surface area contributed by atoms with E-state index in [4.69, 9.17) is 27.9 Å². The standard InChI is InChI=1S/C18H21Cl2F3N2O3/c1-17(2,3)28-16(27)24-7-6-13(10-24)25(15(26)18(21,22)23)9-11-4-5-12(19)8-14(11)20/h4-5,8,13H,6-7,9-10H2,1-3H3/t13-/m0/s1. The molecule has 10 heteroatoms. The fraction of sp³-hybridized carbons (Fsp3) is 0.556. The highest BCUT2D eigenvalue weighted by Crippen LogP contribution is 2.29. The minimum Gasteiger partial charge on any atom is -0.444 e. The van der Waals surface area contributed by atoms with Crippen molar-refractivity contribution in [2.75, 3.05) is 13.1 Å². The second-order valence-electron chi connectivity index (χ2n) is 7.54. The van der Waals surface area contributed by atoms with Crippen molar-refractivity contribution in [3.05, 3.63) is 33.8 Å². The molecule has 0 unspecified atom stereocenters. The Hall–Kier alpha value is -1.67. The third-order valence-corrected chi connectivity index (χ3v) is 4.70. The van der Waals surface area contributed by atoms with E-state index >= 15 is 0 Å². The van der Waals surface area contributed by atoms with Crippen LogP contribution < -0.4 is 0 Å². The Morgan fingerprint density at radius 2 is 1.89 bits per heavy atom. The molecule has 0 N–H and O–H groups in total. The molecule has 1 aliphatic rings. The number of carbonyl (C=O) groups excluding carboxylic acids is 2. The zero-order valence-electron chi connectivity index (χ0n) is 15.6. The zero-order valence-corrected chi connectivity index (χ0v) is 17.2. The van der Waals surface area contributed by atoms with Crippen molar-refractivity contribution >= 4 is 35.2 Å². The van der Waals surface area contributed by atoms with Crippen LogP contribution in [0.4, 0.5) is 18.0 Å². The lowest BCUT2D eigenvalue weighted by atomic mass is 10.1. The van der Waals surface area contributed by atoms with Crippen LogP contribution in [0.3, 0.4) is 0 Å². The normalized spacial score (nSPS) is 17.6. The van der Waals surface area contributed by atoms with Crippen LogP contribution >= 0.6 is 23.2 Å². The van der Waals surface area contributed by atoms with Gasteiger partial charge in [-0.1, -0.05) is 29.3 Å². The Balaban J connectivity index is 2.21. The summed E-state index contributed by atoms with van der Waals surface area (Å²) in [4.78, 5) is 26.2. The quantitative estimate of drug-likeness (QED) is 0.671. The summed E-state index contributed by atoms with van der Waals surface area (Å²) in [5.41, 5.74) is -0.396. The molecule has 0 aliphatic carbocycles. The summed E-state index contributed by atoms with van der Waals surface area (Å²) in [6, 6.07) is 3.55. The lowest BCUT2D eigenvalue weighted by Crippen LogP contribution is -2.48. The van der Waals surface area contributed by atoms with Gasteiger partial charge in [-0.15, -0.1) is 0 Å². The fourth-order valence-corrected chi connectivity index (χ4v) is 3.32. The molecule has 28 heavy (non-hydrogen) atoms. The molecule has 0 aromatic heterocycles. The van der Waals surface area contributed by atoms with E-state index in [1.807, 2.05) is 0 Å². The van der Waals surface area contributed by atoms with Gasteiger partial charge in [0.05, 0.1) is 6.04 Å². The highest BCUT2D eigenvalue weighted by Gasteiger charge is 2.46. The summed E-state index contributed by atoms with van der Waals surface area (Å²) in [6.07, 6.45) is -5.47. The number of alkyl halides is 3. The molecule has 0 radical (unpaired) electrons. The lowest BCUT2D eigenvalue weighted by molar-refractivity contribution is -0.188. The highest BCUT2D eigenvalue weighted by atomic mass is 35.5. The number of ether oxygens (including phenoxy) is 1. The van der Waals surface area contributed by atoms with Gasteiger partial charge in [0.2, 0.25) is 0 Å². The van der Waals surface area contributed by atoms with E-state index in [2.05, 4.69) is 0 Å². The van der Waals surface area contributed by atoms with Crippen LogP contribution in [-0.4, -0.2) is 52.7 Å². The molecular formula is C18H21Cl2F3N2O3. The van der Waals surface area contributed by atoms with Gasteiger partial charge in [0.25, 0.3) is 0 Å². The summed E-state index contributed by atoms with van der Waals surface area (Å²) in [5, 5.41) is 0.494. The Kier molecular flexibility index (Phi) is 6.76. The van der Waals surface area contributed by atoms with Gasteiger partial charge in [-0.25, -0.2) is 4.79 Å². The predicted octanol–water partition coefficient (Wildman–Crippen LogP) is 4.89. The summed E-state index contributed by atoms with van der Waals surface area (Å²) >= 11 is 11.9. The molecule has 0 bridgehead atoms. The van der Waals surface area contributed by atoms with Crippen LogP contribution in [0.15, 0.2) is 18.2 Å². The van der Waals surface area contributed by atoms with Crippen molar-refractivity contribution in [3.8, 4) is 0 Å². The van der Waals surface area contributed by atoms with Crippen LogP contribution in [0.2, 0.25) is 10.0 Å². The molecule has 0 spiro atoms. The van der Waals surface area contributed by atoms with Gasteiger partial charge in [0, 0.05) is 29.7 Å². The molecule has 1 aromatic carbocycles. The molecule has 5 nitrogen and oxygen atoms in total. The molecule has 1 aromatic rings. The van der Waals surface area contributed by atoms with Crippen molar-refractivity contribution in [2.24, 2.45) is 0 Å². The smallest absolute Gasteiger partial charge is 0.444 e. The molecule has 1 saturated heterocycles. The molecule has 1 heterocycles. The van der Waals surface area contributed by atoms with E-state index in [1.54, 1.807) is 20.8 Å². The Morgan fingerprint density at radius 1 is 1.25 bits per heavy atom. The van der Waals surface area contributed by atoms with Gasteiger partial charge < -0.3 is 14.5 Å². The summed E-state index contributed by atoms with van der Waals surface area (Å²) in [5.74, 6) is -1.98. The summed E-state index contributed by atoms with van der Waals surface area (Å²) < 4.78 is 44.7. The topological polar surface area (TPSA) is 49.9 Å². The number of halogens is 5. The highest BCUT2D eigenvalue weighted by molar-refractivity contribution is 6.35. The monoisotopic (exact) mass is 440 g/mol. The van der Waals surface area contributed by atoms with Crippen LogP contribution in [0.5, 0.6) is 0 Å². The number of likely N-dealkylation sites (tertiary alicyclic amines) is 1. The molecule has 0 saturated carbocycles. The number of amides is 2. The van der Waals surface area contributed by atoms with E-state index < -0.39 is 29.8 Å². The van der Waals surface area contributed by atoms with Crippen molar-refractivity contribution in [1.82, 2.24) is 9.80 Å². The maximum atomic E-state index is 13.1. The Labute approximate surface area is 171 Å². The van der Waals surface area contributed by atoms with Crippen LogP contribution in [-0.2, 0) is 16.1 Å². The first-order chi connectivity index (χ1) is 12.8. The number of benzene rings is 1. The molecule has 1 aliphatic heterocycles. The second kappa shape index (κ2) is 8.37. The second-order valence-corrected chi connectivity index (χ2v) is 8.38. The summed E-state index contributed by atoms with van der Waals surface area (Å²) in [6.45, 7) is 4.88. The number of hydrogen-bond donors (Lipinski definition) is 0. The van der Waals surface area contributed by atoms with Crippen molar-refractivity contribution in [3.63, 3.8) is 0 Å². The Morgan fingerprint density at radius 3 is 2.43 bits per heavy atom. The van der Waals surface area contributed by atoms with Gasteiger partial charge in [-0.3, -0.25) is 4.79 Å². The molecule has 1 atom stereocenters. The van der Waals surface area contributed by atoms with Gasteiger partial charge in [-0.2, -0.15) is 13.2 Å². The zero-order chi connectivity index (χ0) is 21.3. The van der Waals surface area contributed by atoms with Crippen molar-refractivity contribution in [2.45, 2.75) is 51.6 Å². The predicted molar refractivity (Wildman–Crippen MR) is 99.3 cm³/mol. The van der Waals surface area contributed by atoms with E-state index in [9.17, 15) is 22.8 Å². The molecular weight excluding hydrogens is 420 g/mol.